The minimum atomic E-state index is -0.534. The minimum absolute atomic E-state index is 0.144. The van der Waals surface area contributed by atoms with Crippen LogP contribution in [0.3, 0.4) is 0 Å². The fourth-order valence-corrected chi connectivity index (χ4v) is 2.20. The van der Waals surface area contributed by atoms with E-state index in [-0.39, 0.29) is 12.6 Å². The Hall–Kier alpha value is -2.28. The number of ether oxygens (including phenoxy) is 2. The molecule has 0 saturated carbocycles. The Kier molecular flexibility index (Phi) is 9.51. The predicted octanol–water partition coefficient (Wildman–Crippen LogP) is 2.94. The maximum atomic E-state index is 11.7. The summed E-state index contributed by atoms with van der Waals surface area (Å²) in [7, 11) is 0. The van der Waals surface area contributed by atoms with Crippen LogP contribution >= 0.6 is 0 Å². The zero-order chi connectivity index (χ0) is 19.4. The molecule has 146 valence electrons. The van der Waals surface area contributed by atoms with Crippen LogP contribution in [0.5, 0.6) is 0 Å². The lowest BCUT2D eigenvalue weighted by molar-refractivity contribution is 0.0503. The van der Waals surface area contributed by atoms with Crippen LogP contribution in [0.4, 0.5) is 9.59 Å². The molecule has 1 aromatic rings. The van der Waals surface area contributed by atoms with Gasteiger partial charge in [0, 0.05) is 19.1 Å². The van der Waals surface area contributed by atoms with Crippen molar-refractivity contribution >= 4 is 12.2 Å². The number of hydrogen-bond donors (Lipinski definition) is 3. The fraction of sp³-hybridized carbons (Fsp3) is 0.579. The van der Waals surface area contributed by atoms with E-state index in [1.807, 2.05) is 51.1 Å². The molecule has 2 amide bonds. The van der Waals surface area contributed by atoms with Crippen LogP contribution in [0.15, 0.2) is 30.3 Å². The van der Waals surface area contributed by atoms with Crippen LogP contribution in [-0.2, 0) is 16.1 Å². The van der Waals surface area contributed by atoms with E-state index in [4.69, 9.17) is 15.2 Å². The lowest BCUT2D eigenvalue weighted by atomic mass is 10.1. The summed E-state index contributed by atoms with van der Waals surface area (Å²) >= 11 is 0. The van der Waals surface area contributed by atoms with Gasteiger partial charge in [0.25, 0.3) is 0 Å². The first-order chi connectivity index (χ1) is 12.3. The van der Waals surface area contributed by atoms with Crippen LogP contribution in [0.25, 0.3) is 0 Å². The summed E-state index contributed by atoms with van der Waals surface area (Å²) in [6, 6.07) is 9.37. The Morgan fingerprint density at radius 3 is 2.42 bits per heavy atom. The normalized spacial score (nSPS) is 12.2. The average molecular weight is 365 g/mol. The number of carbonyl (C=O) groups excluding carboxylic acids is 2. The molecule has 0 aromatic heterocycles. The summed E-state index contributed by atoms with van der Waals surface area (Å²) in [6.45, 7) is 6.54. The first-order valence-corrected chi connectivity index (χ1v) is 8.94. The van der Waals surface area contributed by atoms with E-state index in [0.29, 0.717) is 13.1 Å². The number of hydrogen-bond acceptors (Lipinski definition) is 5. The topological polar surface area (TPSA) is 103 Å². The number of alkyl carbamates (subject to hydrolysis) is 2. The van der Waals surface area contributed by atoms with Crippen LogP contribution in [0, 0.1) is 0 Å². The molecule has 0 spiro atoms. The van der Waals surface area contributed by atoms with Crippen molar-refractivity contribution in [2.45, 2.75) is 58.3 Å². The number of amides is 2. The second-order valence-electron chi connectivity index (χ2n) is 7.06. The van der Waals surface area contributed by atoms with Crippen molar-refractivity contribution < 1.29 is 19.1 Å². The Labute approximate surface area is 155 Å². The number of nitrogens with two attached hydrogens (primary N) is 1. The van der Waals surface area contributed by atoms with Gasteiger partial charge >= 0.3 is 12.2 Å². The molecule has 0 aliphatic rings. The number of nitrogens with one attached hydrogen (secondary N) is 2. The molecule has 1 aromatic carbocycles. The molecule has 0 saturated heterocycles. The first-order valence-electron chi connectivity index (χ1n) is 8.94. The van der Waals surface area contributed by atoms with Gasteiger partial charge in [-0.25, -0.2) is 9.59 Å². The lowest BCUT2D eigenvalue weighted by Crippen LogP contribution is -2.43. The molecule has 0 unspecified atom stereocenters. The monoisotopic (exact) mass is 365 g/mol. The Morgan fingerprint density at radius 2 is 1.81 bits per heavy atom. The summed E-state index contributed by atoms with van der Waals surface area (Å²) < 4.78 is 10.3. The Bertz CT molecular complexity index is 543. The van der Waals surface area contributed by atoms with Gasteiger partial charge in [0.15, 0.2) is 0 Å². The molecule has 1 rings (SSSR count). The molecule has 7 nitrogen and oxygen atoms in total. The second kappa shape index (κ2) is 11.4. The third kappa shape index (κ3) is 10.6. The van der Waals surface area contributed by atoms with Crippen LogP contribution in [0.1, 0.15) is 45.6 Å². The largest absolute Gasteiger partial charge is 0.445 e. The van der Waals surface area contributed by atoms with Crippen molar-refractivity contribution in [3.8, 4) is 0 Å². The van der Waals surface area contributed by atoms with E-state index in [2.05, 4.69) is 10.6 Å². The maximum Gasteiger partial charge on any atom is 0.407 e. The van der Waals surface area contributed by atoms with Crippen molar-refractivity contribution in [2.75, 3.05) is 13.1 Å². The van der Waals surface area contributed by atoms with E-state index in [9.17, 15) is 9.59 Å². The van der Waals surface area contributed by atoms with Gasteiger partial charge in [-0.05, 0) is 45.6 Å². The summed E-state index contributed by atoms with van der Waals surface area (Å²) in [5.74, 6) is 0. The maximum absolute atomic E-state index is 11.7. The third-order valence-corrected chi connectivity index (χ3v) is 3.47. The van der Waals surface area contributed by atoms with Gasteiger partial charge in [-0.3, -0.25) is 0 Å². The highest BCUT2D eigenvalue weighted by Crippen LogP contribution is 2.08. The molecule has 0 radical (unpaired) electrons. The van der Waals surface area contributed by atoms with Crippen molar-refractivity contribution in [3.63, 3.8) is 0 Å². The molecule has 0 bridgehead atoms. The molecular weight excluding hydrogens is 334 g/mol. The van der Waals surface area contributed by atoms with Crippen LogP contribution < -0.4 is 16.4 Å². The molecule has 0 aliphatic heterocycles. The van der Waals surface area contributed by atoms with Gasteiger partial charge in [0.1, 0.15) is 12.2 Å². The number of rotatable bonds is 9. The predicted molar refractivity (Wildman–Crippen MR) is 101 cm³/mol. The molecule has 0 aliphatic carbocycles. The van der Waals surface area contributed by atoms with Crippen molar-refractivity contribution in [1.29, 1.82) is 0 Å². The van der Waals surface area contributed by atoms with E-state index < -0.39 is 17.8 Å². The number of unbranched alkanes of at least 4 members (excludes halogenated alkanes) is 1. The van der Waals surface area contributed by atoms with Gasteiger partial charge in [-0.2, -0.15) is 0 Å². The Balaban J connectivity index is 2.12. The molecule has 26 heavy (non-hydrogen) atoms. The Morgan fingerprint density at radius 1 is 1.12 bits per heavy atom. The highest BCUT2D eigenvalue weighted by Gasteiger charge is 2.18. The standard InChI is InChI=1S/C19H31N3O4/c1-19(2,3)26-18(24)22-16(13-20)11-7-8-12-21-17(23)25-14-15-9-5-4-6-10-15/h4-6,9-10,16H,7-8,11-14,20H2,1-3H3,(H,21,23)(H,22,24)/t16-/m0/s1. The van der Waals surface area contributed by atoms with Crippen LogP contribution in [0.2, 0.25) is 0 Å². The highest BCUT2D eigenvalue weighted by molar-refractivity contribution is 5.68. The number of carbonyl (C=O) groups is 2. The van der Waals surface area contributed by atoms with Crippen molar-refractivity contribution in [2.24, 2.45) is 5.73 Å². The van der Waals surface area contributed by atoms with Gasteiger partial charge in [0.2, 0.25) is 0 Å². The van der Waals surface area contributed by atoms with Crippen molar-refractivity contribution in [1.82, 2.24) is 10.6 Å². The van der Waals surface area contributed by atoms with Gasteiger partial charge in [0.05, 0.1) is 0 Å². The van der Waals surface area contributed by atoms with Gasteiger partial charge in [-0.15, -0.1) is 0 Å². The van der Waals surface area contributed by atoms with Crippen molar-refractivity contribution in [3.05, 3.63) is 35.9 Å². The second-order valence-corrected chi connectivity index (χ2v) is 7.06. The molecule has 4 N–H and O–H groups in total. The third-order valence-electron chi connectivity index (χ3n) is 3.47. The first kappa shape index (κ1) is 21.8. The molecule has 7 heteroatoms. The summed E-state index contributed by atoms with van der Waals surface area (Å²) in [4.78, 5) is 23.4. The summed E-state index contributed by atoms with van der Waals surface area (Å²) in [5.41, 5.74) is 6.09. The smallest absolute Gasteiger partial charge is 0.407 e. The van der Waals surface area contributed by atoms with E-state index in [0.717, 1.165) is 24.8 Å². The zero-order valence-electron chi connectivity index (χ0n) is 15.9. The minimum Gasteiger partial charge on any atom is -0.445 e. The van der Waals surface area contributed by atoms with Gasteiger partial charge < -0.3 is 25.8 Å². The van der Waals surface area contributed by atoms with E-state index >= 15 is 0 Å². The quantitative estimate of drug-likeness (QED) is 0.584. The number of benzene rings is 1. The van der Waals surface area contributed by atoms with Gasteiger partial charge in [-0.1, -0.05) is 30.3 Å². The zero-order valence-corrected chi connectivity index (χ0v) is 15.9. The SMILES string of the molecule is CC(C)(C)OC(=O)N[C@H](CN)CCCCNC(=O)OCc1ccccc1. The molecule has 1 atom stereocenters. The molecule has 0 heterocycles. The highest BCUT2D eigenvalue weighted by atomic mass is 16.6. The molecular formula is C19H31N3O4. The molecule has 0 fully saturated rings. The van der Waals surface area contributed by atoms with E-state index in [1.54, 1.807) is 0 Å². The lowest BCUT2D eigenvalue weighted by Gasteiger charge is -2.23. The average Bonchev–Trinajstić information content (AvgIpc) is 2.58. The van der Waals surface area contributed by atoms with Crippen LogP contribution in [-0.4, -0.2) is 36.9 Å². The fourth-order valence-electron chi connectivity index (χ4n) is 2.20. The van der Waals surface area contributed by atoms with E-state index in [1.165, 1.54) is 0 Å². The summed E-state index contributed by atoms with van der Waals surface area (Å²) in [5, 5.41) is 5.48. The summed E-state index contributed by atoms with van der Waals surface area (Å²) in [6.07, 6.45) is 1.41.